The molecule has 0 spiro atoms. The summed E-state index contributed by atoms with van der Waals surface area (Å²) in [5.41, 5.74) is 1.12. The maximum Gasteiger partial charge on any atom is 0.356 e. The Hall–Kier alpha value is -4.21. The fourth-order valence-corrected chi connectivity index (χ4v) is 5.46. The van der Waals surface area contributed by atoms with E-state index in [1.54, 1.807) is 9.80 Å². The Morgan fingerprint density at radius 3 is 2.44 bits per heavy atom. The number of nitrogens with zero attached hydrogens (tertiary/aromatic N) is 4. The minimum atomic E-state index is -1.68. The zero-order chi connectivity index (χ0) is 31.3. The molecule has 0 aliphatic carbocycles. The Morgan fingerprint density at radius 2 is 1.84 bits per heavy atom. The molecule has 3 aliphatic rings. The van der Waals surface area contributed by atoms with E-state index in [1.807, 2.05) is 13.8 Å². The Morgan fingerprint density at radius 1 is 1.14 bits per heavy atom. The molecule has 5 N–H and O–H groups in total. The third-order valence-electron chi connectivity index (χ3n) is 7.38. The van der Waals surface area contributed by atoms with E-state index in [4.69, 9.17) is 4.74 Å². The molecule has 3 heterocycles. The van der Waals surface area contributed by atoms with E-state index in [9.17, 15) is 34.5 Å². The predicted molar refractivity (Wildman–Crippen MR) is 150 cm³/mol. The van der Waals surface area contributed by atoms with Gasteiger partial charge in [-0.15, -0.1) is 0 Å². The first-order valence-electron chi connectivity index (χ1n) is 14.0. The van der Waals surface area contributed by atoms with Crippen molar-refractivity contribution in [1.82, 2.24) is 25.7 Å². The molecule has 0 radical (unpaired) electrons. The third kappa shape index (κ3) is 7.06. The van der Waals surface area contributed by atoms with Gasteiger partial charge in [0, 0.05) is 38.8 Å². The van der Waals surface area contributed by atoms with Crippen LogP contribution in [-0.4, -0.2) is 113 Å². The van der Waals surface area contributed by atoms with Crippen molar-refractivity contribution in [3.8, 4) is 0 Å². The Kier molecular flexibility index (Phi) is 10.2. The number of amides is 2. The highest BCUT2D eigenvalue weighted by atomic mass is 19.1. The summed E-state index contributed by atoms with van der Waals surface area (Å²) in [5.74, 6) is -5.16. The van der Waals surface area contributed by atoms with Crippen LogP contribution in [0.3, 0.4) is 0 Å². The van der Waals surface area contributed by atoms with Crippen LogP contribution >= 0.6 is 0 Å². The fourth-order valence-electron chi connectivity index (χ4n) is 5.46. The number of ether oxygens (including phenoxy) is 1. The second-order valence-corrected chi connectivity index (χ2v) is 10.9. The van der Waals surface area contributed by atoms with Crippen molar-refractivity contribution >= 4 is 29.4 Å². The van der Waals surface area contributed by atoms with E-state index in [-0.39, 0.29) is 35.5 Å². The van der Waals surface area contributed by atoms with Gasteiger partial charge in [-0.2, -0.15) is 5.12 Å². The molecule has 234 valence electrons. The summed E-state index contributed by atoms with van der Waals surface area (Å²) in [5, 5.41) is 34.6. The van der Waals surface area contributed by atoms with Crippen LogP contribution in [0.4, 0.5) is 10.1 Å². The second-order valence-electron chi connectivity index (χ2n) is 10.9. The predicted octanol–water partition coefficient (Wildman–Crippen LogP) is -0.0542. The lowest BCUT2D eigenvalue weighted by atomic mass is 9.92. The molecular formula is C28H37FN6O8. The van der Waals surface area contributed by atoms with Crippen molar-refractivity contribution in [1.29, 1.82) is 0 Å². The average molecular weight is 605 g/mol. The number of aliphatic hydroxyl groups is 1. The van der Waals surface area contributed by atoms with E-state index in [0.717, 1.165) is 11.1 Å². The Labute approximate surface area is 247 Å². The number of benzene rings is 1. The van der Waals surface area contributed by atoms with Crippen LogP contribution in [0.1, 0.15) is 20.3 Å². The van der Waals surface area contributed by atoms with Gasteiger partial charge in [-0.25, -0.2) is 19.0 Å². The topological polar surface area (TPSA) is 175 Å². The van der Waals surface area contributed by atoms with Gasteiger partial charge in [-0.3, -0.25) is 15.0 Å². The molecule has 43 heavy (non-hydrogen) atoms. The van der Waals surface area contributed by atoms with Gasteiger partial charge in [-0.1, -0.05) is 26.0 Å². The number of carbonyl (C=O) groups excluding carboxylic acids is 2. The molecule has 4 rings (SSSR count). The van der Waals surface area contributed by atoms with Crippen LogP contribution in [-0.2, 0) is 23.9 Å². The summed E-state index contributed by atoms with van der Waals surface area (Å²) in [4.78, 5) is 54.5. The van der Waals surface area contributed by atoms with Crippen LogP contribution in [0, 0.1) is 17.7 Å². The Bertz CT molecular complexity index is 1300. The van der Waals surface area contributed by atoms with Gasteiger partial charge in [0.2, 0.25) is 5.91 Å². The van der Waals surface area contributed by atoms with Crippen molar-refractivity contribution in [3.05, 3.63) is 53.2 Å². The van der Waals surface area contributed by atoms with Gasteiger partial charge < -0.3 is 35.2 Å². The molecule has 3 aliphatic heterocycles. The van der Waals surface area contributed by atoms with E-state index in [1.165, 1.54) is 18.2 Å². The molecular weight excluding hydrogens is 567 g/mol. The smallest absolute Gasteiger partial charge is 0.356 e. The molecule has 0 bridgehead atoms. The van der Waals surface area contributed by atoms with Gasteiger partial charge in [0.15, 0.2) is 5.70 Å². The highest BCUT2D eigenvalue weighted by Gasteiger charge is 2.42. The van der Waals surface area contributed by atoms with Gasteiger partial charge in [0.05, 0.1) is 37.5 Å². The van der Waals surface area contributed by atoms with Crippen molar-refractivity contribution in [2.75, 3.05) is 57.6 Å². The molecule has 2 fully saturated rings. The first-order chi connectivity index (χ1) is 20.5. The zero-order valence-electron chi connectivity index (χ0n) is 24.0. The number of aliphatic hydroxyl groups excluding tert-OH is 1. The van der Waals surface area contributed by atoms with Crippen molar-refractivity contribution in [2.24, 2.45) is 11.8 Å². The number of rotatable bonds is 10. The number of aliphatic carboxylic acids is 2. The van der Waals surface area contributed by atoms with Gasteiger partial charge in [0.25, 0.3) is 5.91 Å². The van der Waals surface area contributed by atoms with E-state index >= 15 is 4.39 Å². The number of carboxylic acid groups (broad SMARTS) is 2. The number of morpholine rings is 1. The molecule has 0 unspecified atom stereocenters. The summed E-state index contributed by atoms with van der Waals surface area (Å²) in [7, 11) is 0. The monoisotopic (exact) mass is 604 g/mol. The normalized spacial score (nSPS) is 21.2. The number of halogens is 1. The number of anilines is 1. The van der Waals surface area contributed by atoms with E-state index < -0.39 is 47.9 Å². The number of hydrogen-bond acceptors (Lipinski definition) is 10. The third-order valence-corrected chi connectivity index (χ3v) is 7.38. The lowest BCUT2D eigenvalue weighted by Crippen LogP contribution is -2.56. The second kappa shape index (κ2) is 13.8. The lowest BCUT2D eigenvalue weighted by Gasteiger charge is -2.40. The molecule has 2 atom stereocenters. The van der Waals surface area contributed by atoms with E-state index in [0.29, 0.717) is 57.0 Å². The quantitative estimate of drug-likeness (QED) is 0.226. The summed E-state index contributed by atoms with van der Waals surface area (Å²) in [6.45, 7) is 5.97. The first-order valence-corrected chi connectivity index (χ1v) is 14.0. The molecule has 1 aromatic rings. The SMILES string of the molecule is CC(C)CN(C(=O)C1=C(CO)N(c2ccccc2F)N(/C(=C/C(=O)O)C(=O)O)N1)[C@@H]1CNC[C@H](C(=O)N2CCOCC2)C1. The van der Waals surface area contributed by atoms with E-state index in [2.05, 4.69) is 10.7 Å². The largest absolute Gasteiger partial charge is 0.478 e. The number of carbonyl (C=O) groups is 4. The van der Waals surface area contributed by atoms with Crippen LogP contribution < -0.4 is 15.8 Å². The molecule has 14 nitrogen and oxygen atoms in total. The average Bonchev–Trinajstić information content (AvgIpc) is 3.37. The van der Waals surface area contributed by atoms with Crippen LogP contribution in [0.25, 0.3) is 0 Å². The van der Waals surface area contributed by atoms with Gasteiger partial charge in [0.1, 0.15) is 17.2 Å². The van der Waals surface area contributed by atoms with Crippen LogP contribution in [0.5, 0.6) is 0 Å². The number of carboxylic acids is 2. The molecule has 0 saturated carbocycles. The fraction of sp³-hybridized carbons (Fsp3) is 0.500. The van der Waals surface area contributed by atoms with Crippen molar-refractivity contribution < 1.29 is 43.6 Å². The number of hydrogen-bond donors (Lipinski definition) is 5. The van der Waals surface area contributed by atoms with Crippen LogP contribution in [0.15, 0.2) is 47.4 Å². The molecule has 15 heteroatoms. The summed E-state index contributed by atoms with van der Waals surface area (Å²) in [6.07, 6.45) is 0.758. The summed E-state index contributed by atoms with van der Waals surface area (Å²) >= 11 is 0. The van der Waals surface area contributed by atoms with Gasteiger partial charge in [-0.05, 0) is 24.5 Å². The highest BCUT2D eigenvalue weighted by molar-refractivity contribution is 5.98. The molecule has 2 amide bonds. The number of piperidine rings is 1. The first kappa shape index (κ1) is 31.7. The minimum Gasteiger partial charge on any atom is -0.478 e. The standard InChI is InChI=1S/C28H37FN6O8/c1-17(2)15-33(19-11-18(13-30-14-19)26(39)32-7-9-43-10-8-32)27(40)25-23(16-36)34(21-6-4-3-5-20(21)29)35(31-25)22(28(41)42)12-24(37)38/h3-6,12,17-19,30-31,36H,7-11,13-16H2,1-2H3,(H,37,38)(H,41,42)/b22-12+/t18-,19+/m1/s1. The molecule has 0 aromatic heterocycles. The lowest BCUT2D eigenvalue weighted by molar-refractivity contribution is -0.142. The molecule has 1 aromatic carbocycles. The minimum absolute atomic E-state index is 0.0147. The van der Waals surface area contributed by atoms with Gasteiger partial charge >= 0.3 is 11.9 Å². The maximum atomic E-state index is 15.0. The number of para-hydroxylation sites is 1. The van der Waals surface area contributed by atoms with Crippen LogP contribution in [0.2, 0.25) is 0 Å². The zero-order valence-corrected chi connectivity index (χ0v) is 24.0. The number of nitrogens with one attached hydrogen (secondary N) is 2. The van der Waals surface area contributed by atoms with Crippen molar-refractivity contribution in [3.63, 3.8) is 0 Å². The summed E-state index contributed by atoms with van der Waals surface area (Å²) < 4.78 is 20.4. The number of hydrazine groups is 2. The highest BCUT2D eigenvalue weighted by Crippen LogP contribution is 2.33. The summed E-state index contributed by atoms with van der Waals surface area (Å²) in [6, 6.07) is 4.83. The van der Waals surface area contributed by atoms with Crippen molar-refractivity contribution in [2.45, 2.75) is 26.3 Å². The Balaban J connectivity index is 1.72. The molecule has 2 saturated heterocycles. The maximum absolute atomic E-state index is 15.0.